The second-order valence-corrected chi connectivity index (χ2v) is 8.14. The standard InChI is InChI=1S/C16H7BrClN3O4S.C3H7NO/c17-13-4-3-11(25-13)14-19-16(26-21-14)20-15(23)12-6-9(22)8-5-7(18)1-2-10(8)24-12;1-4(2)3-5/h1-6H,(H,19,20,21,23);3H,1-2H3. The number of rotatable bonds is 4. The first-order valence-corrected chi connectivity index (χ1v) is 10.5. The molecule has 0 aliphatic carbocycles. The lowest BCUT2D eigenvalue weighted by Gasteiger charge is -2.02. The van der Waals surface area contributed by atoms with Gasteiger partial charge in [0.25, 0.3) is 5.91 Å². The van der Waals surface area contributed by atoms with Crippen molar-refractivity contribution in [2.75, 3.05) is 19.4 Å². The van der Waals surface area contributed by atoms with Crippen LogP contribution in [0.5, 0.6) is 0 Å². The number of nitrogens with one attached hydrogen (secondary N) is 1. The van der Waals surface area contributed by atoms with Gasteiger partial charge in [-0.15, -0.1) is 0 Å². The molecular formula is C19H14BrClN4O5S. The summed E-state index contributed by atoms with van der Waals surface area (Å²) in [6.45, 7) is 0. The number of furan rings is 1. The Labute approximate surface area is 192 Å². The molecule has 31 heavy (non-hydrogen) atoms. The molecular weight excluding hydrogens is 512 g/mol. The first-order valence-electron chi connectivity index (χ1n) is 8.52. The second kappa shape index (κ2) is 9.86. The largest absolute Gasteiger partial charge is 0.451 e. The number of nitrogens with zero attached hydrogens (tertiary/aromatic N) is 3. The number of aromatic nitrogens is 2. The van der Waals surface area contributed by atoms with Crippen LogP contribution in [0.3, 0.4) is 0 Å². The summed E-state index contributed by atoms with van der Waals surface area (Å²) in [5, 5.41) is 3.51. The molecule has 9 nitrogen and oxygen atoms in total. The zero-order valence-electron chi connectivity index (χ0n) is 16.1. The quantitative estimate of drug-likeness (QED) is 0.395. The molecule has 12 heteroatoms. The Kier molecular flexibility index (Phi) is 7.21. The molecule has 0 atom stereocenters. The summed E-state index contributed by atoms with van der Waals surface area (Å²) in [5.41, 5.74) is -0.0947. The van der Waals surface area contributed by atoms with E-state index in [1.807, 2.05) is 0 Å². The predicted octanol–water partition coefficient (Wildman–Crippen LogP) is 4.28. The fraction of sp³-hybridized carbons (Fsp3) is 0.105. The summed E-state index contributed by atoms with van der Waals surface area (Å²) < 4.78 is 15.5. The maximum atomic E-state index is 12.4. The van der Waals surface area contributed by atoms with Crippen molar-refractivity contribution >= 4 is 67.5 Å². The van der Waals surface area contributed by atoms with Crippen LogP contribution >= 0.6 is 39.1 Å². The Balaban J connectivity index is 0.000000491. The molecule has 4 rings (SSSR count). The first kappa shape index (κ1) is 22.7. The van der Waals surface area contributed by atoms with E-state index in [0.29, 0.717) is 26.7 Å². The van der Waals surface area contributed by atoms with Crippen LogP contribution in [-0.2, 0) is 4.79 Å². The Morgan fingerprint density at radius 2 is 1.97 bits per heavy atom. The summed E-state index contributed by atoms with van der Waals surface area (Å²) in [5.74, 6) is 0.0536. The normalized spacial score (nSPS) is 10.3. The lowest BCUT2D eigenvalue weighted by atomic mass is 10.2. The molecule has 0 bridgehead atoms. The van der Waals surface area contributed by atoms with Crippen molar-refractivity contribution in [1.82, 2.24) is 14.3 Å². The second-order valence-electron chi connectivity index (χ2n) is 6.17. The van der Waals surface area contributed by atoms with Gasteiger partial charge in [0.2, 0.25) is 17.4 Å². The molecule has 0 aliphatic rings. The topological polar surface area (TPSA) is 119 Å². The van der Waals surface area contributed by atoms with Crippen molar-refractivity contribution < 1.29 is 18.4 Å². The highest BCUT2D eigenvalue weighted by atomic mass is 79.9. The molecule has 0 saturated carbocycles. The lowest BCUT2D eigenvalue weighted by molar-refractivity contribution is -0.115. The lowest BCUT2D eigenvalue weighted by Crippen LogP contribution is -2.14. The van der Waals surface area contributed by atoms with Gasteiger partial charge in [0.1, 0.15) is 5.58 Å². The summed E-state index contributed by atoms with van der Waals surface area (Å²) >= 11 is 10.1. The Morgan fingerprint density at radius 3 is 2.61 bits per heavy atom. The number of benzene rings is 1. The number of hydrogen-bond acceptors (Lipinski definition) is 8. The Bertz CT molecular complexity index is 1300. The predicted molar refractivity (Wildman–Crippen MR) is 121 cm³/mol. The number of amides is 2. The van der Waals surface area contributed by atoms with Gasteiger partial charge < -0.3 is 13.7 Å². The van der Waals surface area contributed by atoms with E-state index in [4.69, 9.17) is 20.4 Å². The van der Waals surface area contributed by atoms with E-state index in [1.54, 1.807) is 32.3 Å². The van der Waals surface area contributed by atoms with Crippen LogP contribution in [0.1, 0.15) is 10.6 Å². The van der Waals surface area contributed by atoms with E-state index >= 15 is 0 Å². The molecule has 3 heterocycles. The first-order chi connectivity index (χ1) is 14.8. The van der Waals surface area contributed by atoms with Gasteiger partial charge in [0, 0.05) is 36.7 Å². The number of anilines is 1. The Hall–Kier alpha value is -3.02. The maximum Gasteiger partial charge on any atom is 0.293 e. The zero-order valence-corrected chi connectivity index (χ0v) is 19.2. The van der Waals surface area contributed by atoms with E-state index in [1.165, 1.54) is 17.0 Å². The van der Waals surface area contributed by atoms with E-state index < -0.39 is 5.91 Å². The smallest absolute Gasteiger partial charge is 0.293 e. The molecule has 2 amide bonds. The van der Waals surface area contributed by atoms with E-state index in [9.17, 15) is 14.4 Å². The van der Waals surface area contributed by atoms with Gasteiger partial charge in [-0.2, -0.15) is 9.36 Å². The molecule has 1 aromatic carbocycles. The summed E-state index contributed by atoms with van der Waals surface area (Å²) in [7, 11) is 3.38. The third-order valence-corrected chi connectivity index (χ3v) is 4.86. The summed E-state index contributed by atoms with van der Waals surface area (Å²) in [6.07, 6.45) is 0.750. The molecule has 0 fully saturated rings. The minimum atomic E-state index is -0.609. The van der Waals surface area contributed by atoms with Gasteiger partial charge in [-0.3, -0.25) is 19.7 Å². The van der Waals surface area contributed by atoms with Gasteiger partial charge in [-0.05, 0) is 46.3 Å². The third kappa shape index (κ3) is 5.78. The summed E-state index contributed by atoms with van der Waals surface area (Å²) in [6, 6.07) is 9.12. The SMILES string of the molecule is CN(C)C=O.O=C(Nc1nc(-c2ccc(Br)o2)ns1)c1cc(=O)c2cc(Cl)ccc2o1. The van der Waals surface area contributed by atoms with Crippen molar-refractivity contribution in [2.45, 2.75) is 0 Å². The fourth-order valence-corrected chi connectivity index (χ4v) is 3.26. The van der Waals surface area contributed by atoms with E-state index in [-0.39, 0.29) is 21.9 Å². The van der Waals surface area contributed by atoms with Crippen molar-refractivity contribution in [2.24, 2.45) is 0 Å². The molecule has 4 aromatic rings. The Morgan fingerprint density at radius 1 is 1.23 bits per heavy atom. The molecule has 0 saturated heterocycles. The maximum absolute atomic E-state index is 12.4. The highest BCUT2D eigenvalue weighted by molar-refractivity contribution is 9.10. The van der Waals surface area contributed by atoms with Crippen molar-refractivity contribution in [3.8, 4) is 11.6 Å². The van der Waals surface area contributed by atoms with Crippen molar-refractivity contribution in [3.63, 3.8) is 0 Å². The molecule has 160 valence electrons. The number of fused-ring (bicyclic) bond motifs is 1. The number of hydrogen-bond donors (Lipinski definition) is 1. The van der Waals surface area contributed by atoms with Gasteiger partial charge in [-0.25, -0.2) is 0 Å². The van der Waals surface area contributed by atoms with Crippen LogP contribution in [0.15, 0.2) is 54.7 Å². The van der Waals surface area contributed by atoms with Crippen LogP contribution < -0.4 is 10.7 Å². The van der Waals surface area contributed by atoms with Crippen LogP contribution in [-0.4, -0.2) is 40.7 Å². The highest BCUT2D eigenvalue weighted by Crippen LogP contribution is 2.26. The van der Waals surface area contributed by atoms with Crippen LogP contribution in [0.25, 0.3) is 22.6 Å². The fourth-order valence-electron chi connectivity index (χ4n) is 2.21. The van der Waals surface area contributed by atoms with Crippen LogP contribution in [0, 0.1) is 0 Å². The molecule has 0 unspecified atom stereocenters. The number of carbonyl (C=O) groups is 2. The average Bonchev–Trinajstić information content (AvgIpc) is 3.37. The van der Waals surface area contributed by atoms with E-state index in [2.05, 4.69) is 30.6 Å². The van der Waals surface area contributed by atoms with Gasteiger partial charge in [-0.1, -0.05) is 11.6 Å². The number of carbonyl (C=O) groups excluding carboxylic acids is 2. The summed E-state index contributed by atoms with van der Waals surface area (Å²) in [4.78, 5) is 39.6. The van der Waals surface area contributed by atoms with E-state index in [0.717, 1.165) is 24.0 Å². The van der Waals surface area contributed by atoms with Gasteiger partial charge in [0.15, 0.2) is 21.6 Å². The van der Waals surface area contributed by atoms with Crippen LogP contribution in [0.2, 0.25) is 5.02 Å². The van der Waals surface area contributed by atoms with Crippen molar-refractivity contribution in [3.05, 3.63) is 62.1 Å². The molecule has 0 radical (unpaired) electrons. The molecule has 0 aliphatic heterocycles. The van der Waals surface area contributed by atoms with Crippen LogP contribution in [0.4, 0.5) is 5.13 Å². The number of halogens is 2. The molecule has 0 spiro atoms. The third-order valence-electron chi connectivity index (χ3n) is 3.56. The zero-order chi connectivity index (χ0) is 22.5. The van der Waals surface area contributed by atoms with Gasteiger partial charge >= 0.3 is 0 Å². The molecule has 1 N–H and O–H groups in total. The minimum absolute atomic E-state index is 0.137. The van der Waals surface area contributed by atoms with Crippen molar-refractivity contribution in [1.29, 1.82) is 0 Å². The monoisotopic (exact) mass is 524 g/mol. The average molecular weight is 526 g/mol. The molecule has 3 aromatic heterocycles. The highest BCUT2D eigenvalue weighted by Gasteiger charge is 2.16. The van der Waals surface area contributed by atoms with Gasteiger partial charge in [0.05, 0.1) is 5.39 Å². The minimum Gasteiger partial charge on any atom is -0.451 e.